The van der Waals surface area contributed by atoms with Crippen LogP contribution in [0.1, 0.15) is 25.3 Å². The summed E-state index contributed by atoms with van der Waals surface area (Å²) >= 11 is 0. The van der Waals surface area contributed by atoms with Crippen LogP contribution in [0.25, 0.3) is 0 Å². The summed E-state index contributed by atoms with van der Waals surface area (Å²) in [5.41, 5.74) is 1.97. The van der Waals surface area contributed by atoms with Gasteiger partial charge < -0.3 is 15.2 Å². The van der Waals surface area contributed by atoms with Gasteiger partial charge in [-0.25, -0.2) is 4.79 Å². The van der Waals surface area contributed by atoms with Crippen LogP contribution in [0.5, 0.6) is 0 Å². The third kappa shape index (κ3) is 4.37. The van der Waals surface area contributed by atoms with Crippen molar-refractivity contribution in [2.45, 2.75) is 32.2 Å². The quantitative estimate of drug-likeness (QED) is 0.745. The van der Waals surface area contributed by atoms with E-state index in [0.29, 0.717) is 13.0 Å². The first kappa shape index (κ1) is 14.5. The number of anilines is 1. The minimum Gasteiger partial charge on any atom is -0.480 e. The van der Waals surface area contributed by atoms with Crippen molar-refractivity contribution in [3.05, 3.63) is 29.8 Å². The predicted molar refractivity (Wildman–Crippen MR) is 72.0 cm³/mol. The molecule has 0 radical (unpaired) electrons. The molecule has 0 spiro atoms. The first-order valence-electron chi connectivity index (χ1n) is 6.25. The molecule has 1 atom stereocenters. The highest BCUT2D eigenvalue weighted by Crippen LogP contribution is 2.18. The fraction of sp³-hybridized carbons (Fsp3) is 0.500. The maximum absolute atomic E-state index is 11.1. The molecule has 0 aliphatic rings. The van der Waals surface area contributed by atoms with Gasteiger partial charge in [0.1, 0.15) is 6.04 Å². The van der Waals surface area contributed by atoms with Gasteiger partial charge in [-0.15, -0.1) is 0 Å². The number of nitrogens with one attached hydrogen (secondary N) is 1. The van der Waals surface area contributed by atoms with Crippen molar-refractivity contribution in [2.24, 2.45) is 0 Å². The van der Waals surface area contributed by atoms with E-state index in [2.05, 4.69) is 5.32 Å². The number of hydrogen-bond donors (Lipinski definition) is 2. The maximum Gasteiger partial charge on any atom is 0.326 e. The van der Waals surface area contributed by atoms with Crippen LogP contribution in [0.4, 0.5) is 5.69 Å². The van der Waals surface area contributed by atoms with Gasteiger partial charge in [-0.05, 0) is 24.5 Å². The van der Waals surface area contributed by atoms with Crippen LogP contribution in [0.15, 0.2) is 24.3 Å². The first-order chi connectivity index (χ1) is 8.69. The second-order valence-electron chi connectivity index (χ2n) is 4.22. The van der Waals surface area contributed by atoms with E-state index in [1.807, 2.05) is 31.2 Å². The number of benzene rings is 1. The highest BCUT2D eigenvalue weighted by Gasteiger charge is 2.16. The molecule has 100 valence electrons. The lowest BCUT2D eigenvalue weighted by molar-refractivity contribution is -0.138. The van der Waals surface area contributed by atoms with Gasteiger partial charge in [0.25, 0.3) is 0 Å². The van der Waals surface area contributed by atoms with E-state index in [-0.39, 0.29) is 0 Å². The van der Waals surface area contributed by atoms with E-state index in [9.17, 15) is 4.79 Å². The number of methoxy groups -OCH3 is 1. The molecule has 4 heteroatoms. The lowest BCUT2D eigenvalue weighted by atomic mass is 10.1. The Labute approximate surface area is 108 Å². The third-order valence-corrected chi connectivity index (χ3v) is 2.80. The number of aliphatic carboxylic acids is 1. The number of carboxylic acids is 1. The SMILES string of the molecule is CCCC(Nc1ccccc1CCOC)C(=O)O. The Balaban J connectivity index is 2.77. The molecule has 2 N–H and O–H groups in total. The van der Waals surface area contributed by atoms with Crippen molar-refractivity contribution in [2.75, 3.05) is 19.0 Å². The second kappa shape index (κ2) is 7.71. The number of hydrogen-bond acceptors (Lipinski definition) is 3. The smallest absolute Gasteiger partial charge is 0.326 e. The molecular weight excluding hydrogens is 230 g/mol. The number of carboxylic acid groups (broad SMARTS) is 1. The maximum atomic E-state index is 11.1. The standard InChI is InChI=1S/C14H21NO3/c1-3-6-13(14(16)17)15-12-8-5-4-7-11(12)9-10-18-2/h4-5,7-8,13,15H,3,6,9-10H2,1-2H3,(H,16,17). The Bertz CT molecular complexity index is 379. The van der Waals surface area contributed by atoms with Crippen molar-refractivity contribution in [3.63, 3.8) is 0 Å². The van der Waals surface area contributed by atoms with Crippen molar-refractivity contribution < 1.29 is 14.6 Å². The molecule has 1 aromatic rings. The van der Waals surface area contributed by atoms with Gasteiger partial charge in [-0.1, -0.05) is 31.5 Å². The summed E-state index contributed by atoms with van der Waals surface area (Å²) in [5, 5.41) is 12.2. The molecule has 0 bridgehead atoms. The van der Waals surface area contributed by atoms with Crippen LogP contribution in [0.3, 0.4) is 0 Å². The van der Waals surface area contributed by atoms with Gasteiger partial charge in [0.05, 0.1) is 6.61 Å². The third-order valence-electron chi connectivity index (χ3n) is 2.80. The molecule has 0 fully saturated rings. The lowest BCUT2D eigenvalue weighted by Gasteiger charge is -2.17. The Morgan fingerprint density at radius 1 is 1.44 bits per heavy atom. The van der Waals surface area contributed by atoms with Gasteiger partial charge >= 0.3 is 5.97 Å². The Kier molecular flexibility index (Phi) is 6.22. The summed E-state index contributed by atoms with van der Waals surface area (Å²) in [4.78, 5) is 11.1. The molecule has 0 aliphatic heterocycles. The zero-order chi connectivity index (χ0) is 13.4. The molecule has 0 saturated carbocycles. The zero-order valence-corrected chi connectivity index (χ0v) is 11.0. The fourth-order valence-corrected chi connectivity index (χ4v) is 1.82. The summed E-state index contributed by atoms with van der Waals surface area (Å²) in [6.07, 6.45) is 2.23. The van der Waals surface area contributed by atoms with Gasteiger partial charge in [0.15, 0.2) is 0 Å². The molecule has 0 heterocycles. The van der Waals surface area contributed by atoms with Gasteiger partial charge in [0, 0.05) is 12.8 Å². The van der Waals surface area contributed by atoms with E-state index in [0.717, 1.165) is 24.1 Å². The Hall–Kier alpha value is -1.55. The van der Waals surface area contributed by atoms with E-state index in [1.54, 1.807) is 7.11 Å². The van der Waals surface area contributed by atoms with Crippen LogP contribution < -0.4 is 5.32 Å². The monoisotopic (exact) mass is 251 g/mol. The normalized spacial score (nSPS) is 12.1. The molecule has 1 rings (SSSR count). The van der Waals surface area contributed by atoms with Gasteiger partial charge in [-0.2, -0.15) is 0 Å². The summed E-state index contributed by atoms with van der Waals surface area (Å²) < 4.78 is 5.06. The zero-order valence-electron chi connectivity index (χ0n) is 11.0. The summed E-state index contributed by atoms with van der Waals surface area (Å²) in [6, 6.07) is 7.23. The average Bonchev–Trinajstić information content (AvgIpc) is 2.37. The minimum atomic E-state index is -0.807. The molecule has 1 aromatic carbocycles. The van der Waals surface area contributed by atoms with Crippen molar-refractivity contribution >= 4 is 11.7 Å². The predicted octanol–water partition coefficient (Wildman–Crippen LogP) is 2.54. The Morgan fingerprint density at radius 3 is 2.78 bits per heavy atom. The highest BCUT2D eigenvalue weighted by molar-refractivity contribution is 5.77. The molecule has 0 saturated heterocycles. The van der Waals surface area contributed by atoms with Crippen molar-refractivity contribution in [1.29, 1.82) is 0 Å². The van der Waals surface area contributed by atoms with Crippen molar-refractivity contribution in [3.8, 4) is 0 Å². The summed E-state index contributed by atoms with van der Waals surface area (Å²) in [5.74, 6) is -0.807. The van der Waals surface area contributed by atoms with E-state index < -0.39 is 12.0 Å². The van der Waals surface area contributed by atoms with Crippen LogP contribution >= 0.6 is 0 Å². The van der Waals surface area contributed by atoms with Gasteiger partial charge in [-0.3, -0.25) is 0 Å². The molecule has 0 amide bonds. The molecule has 1 unspecified atom stereocenters. The van der Waals surface area contributed by atoms with Crippen LogP contribution in [-0.2, 0) is 16.0 Å². The molecular formula is C14H21NO3. The number of ether oxygens (including phenoxy) is 1. The molecule has 0 aromatic heterocycles. The summed E-state index contributed by atoms with van der Waals surface area (Å²) in [7, 11) is 1.66. The molecule has 0 aliphatic carbocycles. The fourth-order valence-electron chi connectivity index (χ4n) is 1.82. The Morgan fingerprint density at radius 2 is 2.17 bits per heavy atom. The van der Waals surface area contributed by atoms with Gasteiger partial charge in [0.2, 0.25) is 0 Å². The van der Waals surface area contributed by atoms with Crippen LogP contribution in [0, 0.1) is 0 Å². The lowest BCUT2D eigenvalue weighted by Crippen LogP contribution is -2.29. The number of rotatable bonds is 8. The highest BCUT2D eigenvalue weighted by atomic mass is 16.5. The van der Waals surface area contributed by atoms with E-state index in [1.165, 1.54) is 0 Å². The number of carbonyl (C=O) groups is 1. The minimum absolute atomic E-state index is 0.529. The average molecular weight is 251 g/mol. The second-order valence-corrected chi connectivity index (χ2v) is 4.22. The number of para-hydroxylation sites is 1. The van der Waals surface area contributed by atoms with Crippen LogP contribution in [0.2, 0.25) is 0 Å². The van der Waals surface area contributed by atoms with Crippen molar-refractivity contribution in [1.82, 2.24) is 0 Å². The largest absolute Gasteiger partial charge is 0.480 e. The van der Waals surface area contributed by atoms with Crippen LogP contribution in [-0.4, -0.2) is 30.8 Å². The van der Waals surface area contributed by atoms with E-state index in [4.69, 9.17) is 9.84 Å². The molecule has 4 nitrogen and oxygen atoms in total. The topological polar surface area (TPSA) is 58.6 Å². The van der Waals surface area contributed by atoms with E-state index >= 15 is 0 Å². The first-order valence-corrected chi connectivity index (χ1v) is 6.25. The summed E-state index contributed by atoms with van der Waals surface area (Å²) in [6.45, 7) is 2.61. The molecule has 18 heavy (non-hydrogen) atoms.